The molecule has 2 atom stereocenters. The van der Waals surface area contributed by atoms with E-state index in [1.165, 1.54) is 11.1 Å². The van der Waals surface area contributed by atoms with E-state index in [9.17, 15) is 9.59 Å². The molecule has 2 unspecified atom stereocenters. The average Bonchev–Trinajstić information content (AvgIpc) is 3.28. The number of carbonyl (C=O) groups excluding carboxylic acids is 1. The van der Waals surface area contributed by atoms with Crippen molar-refractivity contribution >= 4 is 46.0 Å². The number of aromatic nitrogens is 1. The van der Waals surface area contributed by atoms with Crippen molar-refractivity contribution in [2.45, 2.75) is 44.9 Å². The first-order valence-corrected chi connectivity index (χ1v) is 13.2. The zero-order valence-corrected chi connectivity index (χ0v) is 22.4. The first-order valence-electron chi connectivity index (χ1n) is 12.4. The van der Waals surface area contributed by atoms with Crippen molar-refractivity contribution in [1.29, 1.82) is 0 Å². The number of aromatic amines is 1. The number of fused-ring (bicyclic) bond motifs is 1. The molecule has 3 aromatic carbocycles. The second kappa shape index (κ2) is 11.8. The summed E-state index contributed by atoms with van der Waals surface area (Å²) in [7, 11) is 0. The van der Waals surface area contributed by atoms with Crippen molar-refractivity contribution in [2.75, 3.05) is 6.54 Å². The minimum atomic E-state index is -0.944. The Morgan fingerprint density at radius 1 is 1.00 bits per heavy atom. The molecule has 4 aromatic rings. The van der Waals surface area contributed by atoms with Crippen molar-refractivity contribution in [3.8, 4) is 0 Å². The minimum Gasteiger partial charge on any atom is -0.481 e. The van der Waals surface area contributed by atoms with Crippen LogP contribution in [0.3, 0.4) is 0 Å². The van der Waals surface area contributed by atoms with Gasteiger partial charge in [-0.15, -0.1) is 0 Å². The van der Waals surface area contributed by atoms with Crippen LogP contribution in [0.25, 0.3) is 10.9 Å². The molecule has 0 aliphatic rings. The highest BCUT2D eigenvalue weighted by Gasteiger charge is 2.29. The summed E-state index contributed by atoms with van der Waals surface area (Å²) in [6.45, 7) is 4.34. The number of rotatable bonds is 10. The molecule has 0 fully saturated rings. The summed E-state index contributed by atoms with van der Waals surface area (Å²) in [5, 5.41) is 13.6. The van der Waals surface area contributed by atoms with Gasteiger partial charge >= 0.3 is 5.97 Å². The van der Waals surface area contributed by atoms with Crippen molar-refractivity contribution in [3.63, 3.8) is 0 Å². The highest BCUT2D eigenvalue weighted by Crippen LogP contribution is 2.45. The van der Waals surface area contributed by atoms with Crippen LogP contribution in [0.4, 0.5) is 0 Å². The quantitative estimate of drug-likeness (QED) is 0.194. The number of nitrogens with one attached hydrogen (secondary N) is 2. The lowest BCUT2D eigenvalue weighted by atomic mass is 9.75. The summed E-state index contributed by atoms with van der Waals surface area (Å²) >= 11 is 12.9. The number of H-pyrrole nitrogens is 1. The Kier molecular flexibility index (Phi) is 8.57. The fraction of sp³-hybridized carbons (Fsp3) is 0.267. The van der Waals surface area contributed by atoms with E-state index >= 15 is 0 Å². The van der Waals surface area contributed by atoms with E-state index in [1.807, 2.05) is 36.5 Å². The van der Waals surface area contributed by atoms with Crippen LogP contribution >= 0.6 is 23.2 Å². The summed E-state index contributed by atoms with van der Waals surface area (Å²) in [6, 6.07) is 19.9. The number of hydrogen-bond donors (Lipinski definition) is 3. The Morgan fingerprint density at radius 3 is 2.32 bits per heavy atom. The van der Waals surface area contributed by atoms with Gasteiger partial charge in [0.15, 0.2) is 0 Å². The highest BCUT2D eigenvalue weighted by atomic mass is 35.5. The summed E-state index contributed by atoms with van der Waals surface area (Å²) in [5.41, 5.74) is 5.99. The molecule has 0 aliphatic heterocycles. The standard InChI is InChI=1S/C30H30Cl2N2O3/c1-3-4-23(19-9-11-21(12-10-19)30(37)33-14-13-27(35)36)28(20-7-5-18(2)6-8-20)25-17-34-29-24(25)15-22(31)16-26(29)32/h5-12,15-17,23,28,34H,3-4,13-14H2,1-2H3,(H,33,37)(H,35,36). The van der Waals surface area contributed by atoms with Gasteiger partial charge in [-0.2, -0.15) is 0 Å². The van der Waals surface area contributed by atoms with E-state index in [0.29, 0.717) is 15.6 Å². The van der Waals surface area contributed by atoms with Gasteiger partial charge in [-0.3, -0.25) is 9.59 Å². The van der Waals surface area contributed by atoms with Gasteiger partial charge in [0.2, 0.25) is 0 Å². The zero-order chi connectivity index (χ0) is 26.5. The van der Waals surface area contributed by atoms with E-state index in [4.69, 9.17) is 28.3 Å². The second-order valence-corrected chi connectivity index (χ2v) is 10.2. The van der Waals surface area contributed by atoms with Crippen molar-refractivity contribution < 1.29 is 14.7 Å². The molecular weight excluding hydrogens is 507 g/mol. The topological polar surface area (TPSA) is 82.2 Å². The number of hydrogen-bond acceptors (Lipinski definition) is 2. The number of halogens is 2. The van der Waals surface area contributed by atoms with Gasteiger partial charge in [0.05, 0.1) is 17.0 Å². The maximum absolute atomic E-state index is 12.5. The van der Waals surface area contributed by atoms with Crippen LogP contribution in [0, 0.1) is 6.92 Å². The molecule has 0 saturated carbocycles. The van der Waals surface area contributed by atoms with Crippen LogP contribution in [0.1, 0.15) is 70.6 Å². The van der Waals surface area contributed by atoms with Gasteiger partial charge in [0, 0.05) is 34.6 Å². The summed E-state index contributed by atoms with van der Waals surface area (Å²) in [6.07, 6.45) is 3.83. The molecule has 1 heterocycles. The van der Waals surface area contributed by atoms with Crippen LogP contribution in [0.15, 0.2) is 66.9 Å². The molecule has 0 saturated heterocycles. The first-order chi connectivity index (χ1) is 17.8. The summed E-state index contributed by atoms with van der Waals surface area (Å²) < 4.78 is 0. The average molecular weight is 537 g/mol. The lowest BCUT2D eigenvalue weighted by Crippen LogP contribution is -2.26. The predicted octanol–water partition coefficient (Wildman–Crippen LogP) is 7.70. The molecule has 0 aliphatic carbocycles. The fourth-order valence-corrected chi connectivity index (χ4v) is 5.49. The van der Waals surface area contributed by atoms with E-state index < -0.39 is 5.97 Å². The molecule has 5 nitrogen and oxygen atoms in total. The molecule has 0 spiro atoms. The highest BCUT2D eigenvalue weighted by molar-refractivity contribution is 6.38. The van der Waals surface area contributed by atoms with Gasteiger partial charge < -0.3 is 15.4 Å². The molecule has 0 bridgehead atoms. The van der Waals surface area contributed by atoms with Gasteiger partial charge in [0.1, 0.15) is 0 Å². The third kappa shape index (κ3) is 6.17. The SMILES string of the molecule is CCCC(c1ccc(C(=O)NCCC(=O)O)cc1)C(c1ccc(C)cc1)c1c[nH]c2c(Cl)cc(Cl)cc12. The van der Waals surface area contributed by atoms with Gasteiger partial charge in [-0.25, -0.2) is 0 Å². The van der Waals surface area contributed by atoms with Crippen molar-refractivity contribution in [3.05, 3.63) is 105 Å². The van der Waals surface area contributed by atoms with Gasteiger partial charge in [-0.05, 0) is 60.2 Å². The molecule has 1 aromatic heterocycles. The van der Waals surface area contributed by atoms with E-state index in [2.05, 4.69) is 48.4 Å². The first kappa shape index (κ1) is 26.8. The van der Waals surface area contributed by atoms with Gasteiger partial charge in [-0.1, -0.05) is 78.5 Å². The molecule has 1 amide bonds. The number of carbonyl (C=O) groups is 2. The summed E-state index contributed by atoms with van der Waals surface area (Å²) in [5.74, 6) is -1.07. The zero-order valence-electron chi connectivity index (χ0n) is 20.9. The molecule has 4 rings (SSSR count). The smallest absolute Gasteiger partial charge is 0.305 e. The predicted molar refractivity (Wildman–Crippen MR) is 150 cm³/mol. The minimum absolute atomic E-state index is 0.0269. The number of carboxylic acid groups (broad SMARTS) is 1. The monoisotopic (exact) mass is 536 g/mol. The third-order valence-corrected chi connectivity index (χ3v) is 7.25. The number of amides is 1. The van der Waals surface area contributed by atoms with E-state index in [0.717, 1.165) is 34.9 Å². The normalized spacial score (nSPS) is 12.9. The number of aryl methyl sites for hydroxylation is 1. The fourth-order valence-electron chi connectivity index (χ4n) is 4.94. The molecular formula is C30H30Cl2N2O3. The Morgan fingerprint density at radius 2 is 1.68 bits per heavy atom. The lowest BCUT2D eigenvalue weighted by Gasteiger charge is -2.28. The molecule has 37 heavy (non-hydrogen) atoms. The Balaban J connectivity index is 1.76. The van der Waals surface area contributed by atoms with Crippen LogP contribution in [0.5, 0.6) is 0 Å². The maximum atomic E-state index is 12.5. The maximum Gasteiger partial charge on any atom is 0.305 e. The number of carboxylic acids is 1. The second-order valence-electron chi connectivity index (χ2n) is 9.36. The lowest BCUT2D eigenvalue weighted by molar-refractivity contribution is -0.136. The van der Waals surface area contributed by atoms with Crippen LogP contribution in [-0.4, -0.2) is 28.5 Å². The van der Waals surface area contributed by atoms with Crippen molar-refractivity contribution in [1.82, 2.24) is 10.3 Å². The third-order valence-electron chi connectivity index (χ3n) is 6.74. The van der Waals surface area contributed by atoms with Crippen molar-refractivity contribution in [2.24, 2.45) is 0 Å². The molecule has 7 heteroatoms. The summed E-state index contributed by atoms with van der Waals surface area (Å²) in [4.78, 5) is 26.6. The molecule has 3 N–H and O–H groups in total. The molecule has 192 valence electrons. The Labute approximate surface area is 226 Å². The molecule has 0 radical (unpaired) electrons. The number of benzene rings is 3. The largest absolute Gasteiger partial charge is 0.481 e. The van der Waals surface area contributed by atoms with E-state index in [-0.39, 0.29) is 30.7 Å². The number of aliphatic carboxylic acids is 1. The van der Waals surface area contributed by atoms with Crippen LogP contribution < -0.4 is 5.32 Å². The Hall–Kier alpha value is -3.28. The van der Waals surface area contributed by atoms with Crippen LogP contribution in [0.2, 0.25) is 10.0 Å². The van der Waals surface area contributed by atoms with E-state index in [1.54, 1.807) is 6.07 Å². The van der Waals surface area contributed by atoms with Crippen LogP contribution in [-0.2, 0) is 4.79 Å². The van der Waals surface area contributed by atoms with Gasteiger partial charge in [0.25, 0.3) is 5.91 Å². The Bertz CT molecular complexity index is 1400.